The highest BCUT2D eigenvalue weighted by molar-refractivity contribution is 6.27. The molecule has 8 nitrogen and oxygen atoms in total. The van der Waals surface area contributed by atoms with Gasteiger partial charge in [-0.25, -0.2) is 4.98 Å². The summed E-state index contributed by atoms with van der Waals surface area (Å²) in [5.41, 5.74) is 9.81. The maximum absolute atomic E-state index is 13.6. The number of hydrogen-bond donors (Lipinski definition) is 4. The molecule has 2 aromatic carbocycles. The molecule has 0 fully saturated rings. The number of aryl methyl sites for hydroxylation is 1. The van der Waals surface area contributed by atoms with Crippen molar-refractivity contribution in [3.05, 3.63) is 77.6 Å². The van der Waals surface area contributed by atoms with Crippen LogP contribution in [0.2, 0.25) is 0 Å². The number of nitrogens with one attached hydrogen (secondary N) is 3. The Morgan fingerprint density at radius 1 is 1.05 bits per heavy atom. The normalized spacial score (nSPS) is 12.5. The van der Waals surface area contributed by atoms with Crippen LogP contribution in [0.4, 0.5) is 0 Å². The lowest BCUT2D eigenvalue weighted by Crippen LogP contribution is -2.46. The standard InChI is InChI=1S/C31H37ClN6O2/c1-2-3-5-15-25-29-23(22-13-8-9-14-24(22)37-29)18-27(36-25)31(40)38-26(16-10-17-34-28(33)19-32)30(39)35-20-21-11-6-4-7-12-21/h4,6-9,11-14,18,26,37H,2-3,5,10,15-17,19-20H2,1H3,(H2,33,34)(H,35,39)(H,38,40)/t26-/m0/s1. The zero-order valence-corrected chi connectivity index (χ0v) is 23.6. The van der Waals surface area contributed by atoms with Crippen LogP contribution >= 0.6 is 11.6 Å². The molecule has 40 heavy (non-hydrogen) atoms. The van der Waals surface area contributed by atoms with E-state index in [0.717, 1.165) is 58.7 Å². The molecule has 210 valence electrons. The Morgan fingerprint density at radius 3 is 2.60 bits per heavy atom. The number of halogens is 1. The van der Waals surface area contributed by atoms with Crippen LogP contribution < -0.4 is 16.4 Å². The van der Waals surface area contributed by atoms with E-state index in [1.54, 1.807) is 0 Å². The summed E-state index contributed by atoms with van der Waals surface area (Å²) < 4.78 is 0. The number of carbonyl (C=O) groups is 2. The van der Waals surface area contributed by atoms with E-state index in [0.29, 0.717) is 37.5 Å². The molecule has 9 heteroatoms. The van der Waals surface area contributed by atoms with Crippen LogP contribution in [0.5, 0.6) is 0 Å². The second-order valence-corrected chi connectivity index (χ2v) is 10.2. The van der Waals surface area contributed by atoms with Crippen LogP contribution in [0.25, 0.3) is 21.8 Å². The Bertz CT molecular complexity index is 1470. The number of alkyl halides is 1. The van der Waals surface area contributed by atoms with Crippen molar-refractivity contribution < 1.29 is 9.59 Å². The first-order chi connectivity index (χ1) is 19.5. The number of H-pyrrole nitrogens is 1. The highest BCUT2D eigenvalue weighted by atomic mass is 35.5. The van der Waals surface area contributed by atoms with E-state index in [-0.39, 0.29) is 17.7 Å². The minimum absolute atomic E-state index is 0.153. The van der Waals surface area contributed by atoms with E-state index in [1.807, 2.05) is 60.7 Å². The van der Waals surface area contributed by atoms with Crippen LogP contribution in [0.15, 0.2) is 65.7 Å². The summed E-state index contributed by atoms with van der Waals surface area (Å²) in [6.45, 7) is 2.94. The lowest BCUT2D eigenvalue weighted by atomic mass is 10.1. The molecule has 0 saturated heterocycles. The number of para-hydroxylation sites is 1. The van der Waals surface area contributed by atoms with Crippen LogP contribution in [0, 0.1) is 0 Å². The summed E-state index contributed by atoms with van der Waals surface area (Å²) in [6.07, 6.45) is 4.87. The second-order valence-electron chi connectivity index (χ2n) is 9.88. The number of rotatable bonds is 14. The summed E-state index contributed by atoms with van der Waals surface area (Å²) in [5, 5.41) is 7.89. The Kier molecular flexibility index (Phi) is 10.5. The van der Waals surface area contributed by atoms with Crippen molar-refractivity contribution in [2.75, 3.05) is 12.4 Å². The number of aliphatic imine (C=N–C) groups is 1. The number of pyridine rings is 1. The SMILES string of the molecule is CCCCCc1nc(C(=O)N[C@@H](CCCN=C(N)CCl)C(=O)NCc2ccccc2)cc2c1[nH]c1ccccc12. The molecular weight excluding hydrogens is 524 g/mol. The topological polar surface area (TPSA) is 125 Å². The molecule has 0 saturated carbocycles. The van der Waals surface area contributed by atoms with Crippen molar-refractivity contribution in [2.24, 2.45) is 10.7 Å². The third kappa shape index (κ3) is 7.60. The summed E-state index contributed by atoms with van der Waals surface area (Å²) in [6, 6.07) is 18.7. The number of amidine groups is 1. The number of fused-ring (bicyclic) bond motifs is 3. The number of unbranched alkanes of at least 4 members (excludes halogenated alkanes) is 2. The summed E-state index contributed by atoms with van der Waals surface area (Å²) in [5.74, 6) is -0.140. The zero-order valence-electron chi connectivity index (χ0n) is 22.9. The van der Waals surface area contributed by atoms with E-state index in [2.05, 4.69) is 27.5 Å². The molecule has 4 rings (SSSR count). The summed E-state index contributed by atoms with van der Waals surface area (Å²) >= 11 is 5.72. The van der Waals surface area contributed by atoms with Crippen molar-refractivity contribution in [1.29, 1.82) is 0 Å². The fourth-order valence-electron chi connectivity index (χ4n) is 4.72. The maximum Gasteiger partial charge on any atom is 0.270 e. The van der Waals surface area contributed by atoms with E-state index >= 15 is 0 Å². The van der Waals surface area contributed by atoms with Gasteiger partial charge < -0.3 is 21.4 Å². The predicted octanol–water partition coefficient (Wildman–Crippen LogP) is 5.24. The Morgan fingerprint density at radius 2 is 1.82 bits per heavy atom. The van der Waals surface area contributed by atoms with Crippen molar-refractivity contribution in [3.63, 3.8) is 0 Å². The van der Waals surface area contributed by atoms with Crippen LogP contribution in [-0.2, 0) is 17.8 Å². The smallest absolute Gasteiger partial charge is 0.270 e. The van der Waals surface area contributed by atoms with Crippen LogP contribution in [0.3, 0.4) is 0 Å². The number of nitrogens with two attached hydrogens (primary N) is 1. The predicted molar refractivity (Wildman–Crippen MR) is 163 cm³/mol. The van der Waals surface area contributed by atoms with Gasteiger partial charge in [-0.1, -0.05) is 68.3 Å². The first-order valence-electron chi connectivity index (χ1n) is 13.9. The molecule has 1 atom stereocenters. The van der Waals surface area contributed by atoms with E-state index in [9.17, 15) is 9.59 Å². The zero-order chi connectivity index (χ0) is 28.3. The van der Waals surface area contributed by atoms with Gasteiger partial charge in [0.15, 0.2) is 0 Å². The van der Waals surface area contributed by atoms with Gasteiger partial charge in [0.25, 0.3) is 5.91 Å². The van der Waals surface area contributed by atoms with Crippen molar-refractivity contribution in [1.82, 2.24) is 20.6 Å². The minimum Gasteiger partial charge on any atom is -0.386 e. The molecule has 0 aliphatic heterocycles. The van der Waals surface area contributed by atoms with Gasteiger partial charge in [0, 0.05) is 29.4 Å². The molecule has 2 amide bonds. The number of aromatic amines is 1. The number of hydrogen-bond acceptors (Lipinski definition) is 4. The molecule has 2 aromatic heterocycles. The fourth-order valence-corrected chi connectivity index (χ4v) is 4.81. The van der Waals surface area contributed by atoms with Gasteiger partial charge in [-0.3, -0.25) is 14.6 Å². The number of amides is 2. The third-order valence-electron chi connectivity index (χ3n) is 6.86. The fraction of sp³-hybridized carbons (Fsp3) is 0.355. The van der Waals surface area contributed by atoms with E-state index < -0.39 is 6.04 Å². The molecule has 0 aliphatic carbocycles. The van der Waals surface area contributed by atoms with Gasteiger partial charge in [-0.15, -0.1) is 11.6 Å². The Labute approximate surface area is 239 Å². The average Bonchev–Trinajstić information content (AvgIpc) is 3.36. The average molecular weight is 561 g/mol. The highest BCUT2D eigenvalue weighted by Gasteiger charge is 2.23. The summed E-state index contributed by atoms with van der Waals surface area (Å²) in [4.78, 5) is 39.3. The lowest BCUT2D eigenvalue weighted by Gasteiger charge is -2.18. The molecule has 0 unspecified atom stereocenters. The third-order valence-corrected chi connectivity index (χ3v) is 7.13. The first-order valence-corrected chi connectivity index (χ1v) is 14.4. The van der Waals surface area contributed by atoms with Gasteiger partial charge >= 0.3 is 0 Å². The lowest BCUT2D eigenvalue weighted by molar-refractivity contribution is -0.123. The van der Waals surface area contributed by atoms with E-state index in [4.69, 9.17) is 22.3 Å². The van der Waals surface area contributed by atoms with Crippen LogP contribution in [-0.4, -0.2) is 46.1 Å². The number of aromatic nitrogens is 2. The van der Waals surface area contributed by atoms with Crippen molar-refractivity contribution >= 4 is 51.1 Å². The van der Waals surface area contributed by atoms with Gasteiger partial charge in [0.05, 0.1) is 17.1 Å². The molecule has 0 radical (unpaired) electrons. The molecule has 2 heterocycles. The quantitative estimate of drug-likeness (QED) is 0.0728. The van der Waals surface area contributed by atoms with Gasteiger partial charge in [0.1, 0.15) is 17.6 Å². The first kappa shape index (κ1) is 29.1. The van der Waals surface area contributed by atoms with Crippen molar-refractivity contribution in [2.45, 2.75) is 58.0 Å². The number of benzene rings is 2. The van der Waals surface area contributed by atoms with Gasteiger partial charge in [-0.2, -0.15) is 0 Å². The van der Waals surface area contributed by atoms with E-state index in [1.165, 1.54) is 0 Å². The molecule has 0 spiro atoms. The molecule has 0 aliphatic rings. The second kappa shape index (κ2) is 14.5. The molecular formula is C31H37ClN6O2. The Hall–Kier alpha value is -3.91. The maximum atomic E-state index is 13.6. The van der Waals surface area contributed by atoms with Crippen LogP contribution in [0.1, 0.15) is 60.8 Å². The largest absolute Gasteiger partial charge is 0.386 e. The minimum atomic E-state index is -0.757. The molecule has 4 aromatic rings. The number of nitrogens with zero attached hydrogens (tertiary/aromatic N) is 2. The van der Waals surface area contributed by atoms with Crippen molar-refractivity contribution in [3.8, 4) is 0 Å². The summed E-state index contributed by atoms with van der Waals surface area (Å²) in [7, 11) is 0. The van der Waals surface area contributed by atoms with Gasteiger partial charge in [-0.05, 0) is 43.4 Å². The Balaban J connectivity index is 1.57. The monoisotopic (exact) mass is 560 g/mol. The molecule has 5 N–H and O–H groups in total. The number of carbonyl (C=O) groups excluding carboxylic acids is 2. The highest BCUT2D eigenvalue weighted by Crippen LogP contribution is 2.28. The molecule has 0 bridgehead atoms. The van der Waals surface area contributed by atoms with Gasteiger partial charge in [0.2, 0.25) is 5.91 Å².